The van der Waals surface area contributed by atoms with Crippen LogP contribution in [-0.4, -0.2) is 6.61 Å². The minimum absolute atomic E-state index is 0. The van der Waals surface area contributed by atoms with Crippen LogP contribution >= 0.6 is 0 Å². The van der Waals surface area contributed by atoms with Crippen LogP contribution in [0, 0.1) is 12.3 Å². The third kappa shape index (κ3) is 7.51. The predicted octanol–water partition coefficient (Wildman–Crippen LogP) is -3.59. The molecular formula is C13H18Li2O. The van der Waals surface area contributed by atoms with Crippen LogP contribution in [0.15, 0.2) is 30.3 Å². The number of hydrogen-bond donors (Lipinski definition) is 0. The Morgan fingerprint density at radius 3 is 2.31 bits per heavy atom. The Morgan fingerprint density at radius 2 is 1.81 bits per heavy atom. The van der Waals surface area contributed by atoms with Crippen LogP contribution in [0.1, 0.15) is 31.7 Å². The molecule has 1 aromatic rings. The van der Waals surface area contributed by atoms with Crippen molar-refractivity contribution < 1.29 is 42.8 Å². The number of benzene rings is 1. The molecule has 1 nitrogen and oxygen atoms in total. The first kappa shape index (κ1) is 18.6. The molecule has 0 aliphatic heterocycles. The first-order valence-corrected chi connectivity index (χ1v) is 5.34. The molecule has 0 N–H and O–H groups in total. The van der Waals surface area contributed by atoms with Crippen LogP contribution in [0.2, 0.25) is 0 Å². The van der Waals surface area contributed by atoms with Crippen LogP contribution in [0.3, 0.4) is 0 Å². The molecule has 1 aromatic carbocycles. The molecule has 78 valence electrons. The fourth-order valence-corrected chi connectivity index (χ4v) is 1.52. The summed E-state index contributed by atoms with van der Waals surface area (Å²) in [6.07, 6.45) is 5.44. The minimum atomic E-state index is 0. The van der Waals surface area contributed by atoms with Gasteiger partial charge in [0.15, 0.2) is 0 Å². The minimum Gasteiger partial charge on any atom is -0.855 e. The second-order valence-corrected chi connectivity index (χ2v) is 3.65. The maximum Gasteiger partial charge on any atom is 1.00 e. The maximum atomic E-state index is 10.9. The van der Waals surface area contributed by atoms with Crippen molar-refractivity contribution >= 4 is 0 Å². The fraction of sp³-hybridized carbons (Fsp3) is 0.462. The van der Waals surface area contributed by atoms with Gasteiger partial charge in [0.2, 0.25) is 0 Å². The quantitative estimate of drug-likeness (QED) is 0.347. The molecule has 1 atom stereocenters. The van der Waals surface area contributed by atoms with Crippen molar-refractivity contribution in [2.45, 2.75) is 26.2 Å². The second-order valence-electron chi connectivity index (χ2n) is 3.65. The summed E-state index contributed by atoms with van der Waals surface area (Å²) in [7, 11) is 0. The van der Waals surface area contributed by atoms with Crippen molar-refractivity contribution in [3.05, 3.63) is 42.3 Å². The summed E-state index contributed by atoms with van der Waals surface area (Å²) in [5.41, 5.74) is 1.17. The van der Waals surface area contributed by atoms with E-state index in [0.29, 0.717) is 0 Å². The molecule has 0 unspecified atom stereocenters. The van der Waals surface area contributed by atoms with Gasteiger partial charge in [0, 0.05) is 0 Å². The summed E-state index contributed by atoms with van der Waals surface area (Å²) >= 11 is 0. The molecule has 0 amide bonds. The molecule has 0 aliphatic carbocycles. The summed E-state index contributed by atoms with van der Waals surface area (Å²) in [5, 5.41) is 10.9. The molecule has 0 aromatic heterocycles. The topological polar surface area (TPSA) is 23.1 Å². The molecule has 0 fully saturated rings. The van der Waals surface area contributed by atoms with Crippen molar-refractivity contribution in [1.82, 2.24) is 0 Å². The van der Waals surface area contributed by atoms with E-state index in [1.807, 2.05) is 18.2 Å². The van der Waals surface area contributed by atoms with Gasteiger partial charge in [-0.05, 0) is 0 Å². The van der Waals surface area contributed by atoms with E-state index in [-0.39, 0.29) is 50.2 Å². The van der Waals surface area contributed by atoms with Gasteiger partial charge in [-0.25, -0.2) is 0 Å². The van der Waals surface area contributed by atoms with Gasteiger partial charge in [-0.2, -0.15) is 24.1 Å². The first-order valence-electron chi connectivity index (χ1n) is 5.34. The van der Waals surface area contributed by atoms with Crippen molar-refractivity contribution in [2.24, 2.45) is 5.92 Å². The summed E-state index contributed by atoms with van der Waals surface area (Å²) in [6.45, 7) is 2.17. The van der Waals surface area contributed by atoms with E-state index in [1.165, 1.54) is 12.0 Å². The summed E-state index contributed by atoms with van der Waals surface area (Å²) in [6, 6.07) is 10.1. The molecule has 0 saturated heterocycles. The Balaban J connectivity index is 0. The van der Waals surface area contributed by atoms with Crippen LogP contribution in [0.25, 0.3) is 0 Å². The summed E-state index contributed by atoms with van der Waals surface area (Å²) in [4.78, 5) is 0. The Hall–Kier alpha value is 0.245. The maximum absolute atomic E-state index is 10.9. The number of unbranched alkanes of at least 4 members (excludes halogenated alkanes) is 1. The van der Waals surface area contributed by atoms with Crippen LogP contribution < -0.4 is 42.8 Å². The first-order chi connectivity index (χ1) is 6.86. The van der Waals surface area contributed by atoms with Gasteiger partial charge in [-0.3, -0.25) is 0 Å². The van der Waals surface area contributed by atoms with Gasteiger partial charge in [-0.1, -0.05) is 38.2 Å². The Labute approximate surface area is 123 Å². The molecule has 0 bridgehead atoms. The van der Waals surface area contributed by atoms with E-state index in [4.69, 9.17) is 0 Å². The Morgan fingerprint density at radius 1 is 1.19 bits per heavy atom. The molecule has 16 heavy (non-hydrogen) atoms. The molecule has 0 radical (unpaired) electrons. The Bertz CT molecular complexity index is 239. The SMILES string of the molecule is CCCC[C@H]([CH-]c1ccccc1)C[O-].[Li+].[Li+]. The van der Waals surface area contributed by atoms with Crippen LogP contribution in [-0.2, 0) is 0 Å². The zero-order valence-electron chi connectivity index (χ0n) is 10.8. The van der Waals surface area contributed by atoms with Crippen LogP contribution in [0.4, 0.5) is 0 Å². The van der Waals surface area contributed by atoms with Gasteiger partial charge in [0.25, 0.3) is 0 Å². The Kier molecular flexibility index (Phi) is 13.6. The normalized spacial score (nSPS) is 10.9. The van der Waals surface area contributed by atoms with Gasteiger partial charge in [-0.15, -0.1) is 18.7 Å². The standard InChI is InChI=1S/C13H18O.2Li/c1-2-3-7-13(11-14)10-12-8-5-4-6-9-12;;/h4-6,8-10,13H,2-3,7,11H2,1H3;;/q-2;2*+1/t13-;;/m1../s1. The van der Waals surface area contributed by atoms with Gasteiger partial charge in [0.05, 0.1) is 0 Å². The average Bonchev–Trinajstić information content (AvgIpc) is 2.25. The number of hydrogen-bond acceptors (Lipinski definition) is 1. The molecule has 0 spiro atoms. The van der Waals surface area contributed by atoms with Gasteiger partial charge in [0.1, 0.15) is 0 Å². The molecule has 0 heterocycles. The van der Waals surface area contributed by atoms with E-state index < -0.39 is 0 Å². The molecule has 3 heteroatoms. The zero-order chi connectivity index (χ0) is 10.2. The van der Waals surface area contributed by atoms with Gasteiger partial charge >= 0.3 is 37.7 Å². The van der Waals surface area contributed by atoms with Gasteiger partial charge < -0.3 is 5.11 Å². The van der Waals surface area contributed by atoms with Crippen molar-refractivity contribution in [3.8, 4) is 0 Å². The number of rotatable bonds is 6. The summed E-state index contributed by atoms with van der Waals surface area (Å²) in [5.74, 6) is 0.206. The van der Waals surface area contributed by atoms with Crippen LogP contribution in [0.5, 0.6) is 0 Å². The van der Waals surface area contributed by atoms with E-state index >= 15 is 0 Å². The third-order valence-corrected chi connectivity index (χ3v) is 2.37. The molecule has 0 saturated carbocycles. The van der Waals surface area contributed by atoms with E-state index in [9.17, 15) is 5.11 Å². The largest absolute Gasteiger partial charge is 1.00 e. The second kappa shape index (κ2) is 11.7. The summed E-state index contributed by atoms with van der Waals surface area (Å²) < 4.78 is 0. The van der Waals surface area contributed by atoms with Crippen molar-refractivity contribution in [1.29, 1.82) is 0 Å². The van der Waals surface area contributed by atoms with E-state index in [0.717, 1.165) is 12.8 Å². The third-order valence-electron chi connectivity index (χ3n) is 2.37. The van der Waals surface area contributed by atoms with E-state index in [1.54, 1.807) is 0 Å². The van der Waals surface area contributed by atoms with Crippen molar-refractivity contribution in [2.75, 3.05) is 6.61 Å². The molecule has 1 rings (SSSR count). The monoisotopic (exact) mass is 204 g/mol. The zero-order valence-corrected chi connectivity index (χ0v) is 10.8. The van der Waals surface area contributed by atoms with E-state index in [2.05, 4.69) is 25.5 Å². The average molecular weight is 204 g/mol. The molecular weight excluding hydrogens is 186 g/mol. The predicted molar refractivity (Wildman–Crippen MR) is 57.7 cm³/mol. The van der Waals surface area contributed by atoms with Crippen molar-refractivity contribution in [3.63, 3.8) is 0 Å². The fourth-order valence-electron chi connectivity index (χ4n) is 1.52. The smallest absolute Gasteiger partial charge is 0.855 e. The molecule has 0 aliphatic rings.